The standard InChI is InChI=1S/C13H20N6O/c1-8-16-10(19-20-8)5-6-15-11-7-9(14)17-12(18-11)13(2,3)4/h7H,5-6H2,1-4H3,(H3,14,15,17,18). The number of nitrogens with zero attached hydrogens (tertiary/aromatic N) is 4. The summed E-state index contributed by atoms with van der Waals surface area (Å²) in [5.41, 5.74) is 5.67. The van der Waals surface area contributed by atoms with E-state index in [1.165, 1.54) is 0 Å². The lowest BCUT2D eigenvalue weighted by Gasteiger charge is -2.18. The number of nitrogens with two attached hydrogens (primary N) is 1. The van der Waals surface area contributed by atoms with Crippen molar-refractivity contribution in [2.24, 2.45) is 0 Å². The number of hydrogen-bond donors (Lipinski definition) is 2. The van der Waals surface area contributed by atoms with Crippen LogP contribution in [-0.4, -0.2) is 26.7 Å². The Labute approximate surface area is 118 Å². The maximum absolute atomic E-state index is 5.81. The number of nitrogen functional groups attached to an aromatic ring is 1. The topological polar surface area (TPSA) is 103 Å². The van der Waals surface area contributed by atoms with Gasteiger partial charge >= 0.3 is 0 Å². The molecule has 0 spiro atoms. The SMILES string of the molecule is Cc1nc(CCNc2cc(N)nc(C(C)(C)C)n2)no1. The Hall–Kier alpha value is -2.18. The van der Waals surface area contributed by atoms with Gasteiger partial charge in [-0.2, -0.15) is 4.98 Å². The van der Waals surface area contributed by atoms with E-state index in [0.717, 1.165) is 5.82 Å². The molecule has 3 N–H and O–H groups in total. The number of aryl methyl sites for hydroxylation is 1. The molecule has 108 valence electrons. The Morgan fingerprint density at radius 3 is 2.60 bits per heavy atom. The fourth-order valence-corrected chi connectivity index (χ4v) is 1.64. The van der Waals surface area contributed by atoms with E-state index < -0.39 is 0 Å². The van der Waals surface area contributed by atoms with Crippen LogP contribution in [0.1, 0.15) is 38.3 Å². The zero-order valence-corrected chi connectivity index (χ0v) is 12.3. The van der Waals surface area contributed by atoms with Crippen LogP contribution in [-0.2, 0) is 11.8 Å². The number of anilines is 2. The van der Waals surface area contributed by atoms with Gasteiger partial charge in [0.1, 0.15) is 17.5 Å². The van der Waals surface area contributed by atoms with Gasteiger partial charge in [0.2, 0.25) is 5.89 Å². The van der Waals surface area contributed by atoms with E-state index in [1.54, 1.807) is 13.0 Å². The molecule has 0 unspecified atom stereocenters. The molecule has 2 aromatic heterocycles. The van der Waals surface area contributed by atoms with Crippen LogP contribution >= 0.6 is 0 Å². The van der Waals surface area contributed by atoms with Crippen molar-refractivity contribution in [3.8, 4) is 0 Å². The average molecular weight is 276 g/mol. The van der Waals surface area contributed by atoms with Crippen molar-refractivity contribution < 1.29 is 4.52 Å². The third-order valence-corrected chi connectivity index (χ3v) is 2.64. The molecule has 0 aliphatic heterocycles. The normalized spacial score (nSPS) is 11.6. The summed E-state index contributed by atoms with van der Waals surface area (Å²) in [7, 11) is 0. The van der Waals surface area contributed by atoms with Gasteiger partial charge in [-0.3, -0.25) is 0 Å². The molecule has 0 aliphatic rings. The van der Waals surface area contributed by atoms with Crippen molar-refractivity contribution in [3.63, 3.8) is 0 Å². The Morgan fingerprint density at radius 2 is 2.00 bits per heavy atom. The minimum atomic E-state index is -0.142. The number of rotatable bonds is 4. The molecular weight excluding hydrogens is 256 g/mol. The van der Waals surface area contributed by atoms with Crippen molar-refractivity contribution in [2.45, 2.75) is 39.5 Å². The van der Waals surface area contributed by atoms with Crippen molar-refractivity contribution in [2.75, 3.05) is 17.6 Å². The summed E-state index contributed by atoms with van der Waals surface area (Å²) >= 11 is 0. The minimum Gasteiger partial charge on any atom is -0.384 e. The minimum absolute atomic E-state index is 0.142. The second kappa shape index (κ2) is 5.44. The smallest absolute Gasteiger partial charge is 0.223 e. The third-order valence-electron chi connectivity index (χ3n) is 2.64. The zero-order chi connectivity index (χ0) is 14.8. The van der Waals surface area contributed by atoms with Crippen molar-refractivity contribution in [3.05, 3.63) is 23.6 Å². The Bertz CT molecular complexity index is 587. The van der Waals surface area contributed by atoms with Gasteiger partial charge in [-0.05, 0) is 0 Å². The van der Waals surface area contributed by atoms with Crippen LogP contribution in [0, 0.1) is 6.92 Å². The maximum Gasteiger partial charge on any atom is 0.223 e. The van der Waals surface area contributed by atoms with Gasteiger partial charge in [-0.1, -0.05) is 25.9 Å². The molecule has 2 rings (SSSR count). The van der Waals surface area contributed by atoms with Crippen LogP contribution in [0.4, 0.5) is 11.6 Å². The lowest BCUT2D eigenvalue weighted by atomic mass is 9.96. The van der Waals surface area contributed by atoms with E-state index in [4.69, 9.17) is 10.3 Å². The Kier molecular flexibility index (Phi) is 3.87. The fourth-order valence-electron chi connectivity index (χ4n) is 1.64. The Morgan fingerprint density at radius 1 is 1.25 bits per heavy atom. The summed E-state index contributed by atoms with van der Waals surface area (Å²) in [6, 6.07) is 1.72. The molecule has 0 saturated carbocycles. The highest BCUT2D eigenvalue weighted by Crippen LogP contribution is 2.21. The molecule has 0 radical (unpaired) electrons. The quantitative estimate of drug-likeness (QED) is 0.876. The van der Waals surface area contributed by atoms with Gasteiger partial charge in [0, 0.05) is 31.4 Å². The van der Waals surface area contributed by atoms with E-state index in [-0.39, 0.29) is 5.41 Å². The summed E-state index contributed by atoms with van der Waals surface area (Å²) in [6.07, 6.45) is 0.659. The first-order chi connectivity index (χ1) is 9.34. The molecule has 0 aliphatic carbocycles. The molecule has 7 nitrogen and oxygen atoms in total. The summed E-state index contributed by atoms with van der Waals surface area (Å²) in [6.45, 7) is 8.57. The molecule has 2 heterocycles. The van der Waals surface area contributed by atoms with Crippen LogP contribution in [0.25, 0.3) is 0 Å². The van der Waals surface area contributed by atoms with Gasteiger partial charge in [-0.25, -0.2) is 9.97 Å². The highest BCUT2D eigenvalue weighted by Gasteiger charge is 2.18. The van der Waals surface area contributed by atoms with Gasteiger partial charge in [0.15, 0.2) is 5.82 Å². The van der Waals surface area contributed by atoms with Crippen molar-refractivity contribution >= 4 is 11.6 Å². The first kappa shape index (κ1) is 14.2. The van der Waals surface area contributed by atoms with Crippen LogP contribution in [0.3, 0.4) is 0 Å². The van der Waals surface area contributed by atoms with Crippen molar-refractivity contribution in [1.82, 2.24) is 20.1 Å². The number of hydrogen-bond acceptors (Lipinski definition) is 7. The molecule has 0 bridgehead atoms. The lowest BCUT2D eigenvalue weighted by Crippen LogP contribution is -2.18. The molecule has 0 amide bonds. The largest absolute Gasteiger partial charge is 0.384 e. The fraction of sp³-hybridized carbons (Fsp3) is 0.538. The summed E-state index contributed by atoms with van der Waals surface area (Å²) < 4.78 is 4.92. The van der Waals surface area contributed by atoms with Gasteiger partial charge in [0.05, 0.1) is 0 Å². The average Bonchev–Trinajstić information content (AvgIpc) is 2.73. The van der Waals surface area contributed by atoms with Gasteiger partial charge < -0.3 is 15.6 Å². The molecule has 0 atom stereocenters. The number of aromatic nitrogens is 4. The van der Waals surface area contributed by atoms with Crippen LogP contribution in [0.15, 0.2) is 10.6 Å². The van der Waals surface area contributed by atoms with E-state index in [1.807, 2.05) is 20.8 Å². The summed E-state index contributed by atoms with van der Waals surface area (Å²) in [5.74, 6) is 3.13. The van der Waals surface area contributed by atoms with E-state index >= 15 is 0 Å². The Balaban J connectivity index is 2.00. The number of nitrogens with one attached hydrogen (secondary N) is 1. The highest BCUT2D eigenvalue weighted by molar-refractivity contribution is 5.45. The molecule has 20 heavy (non-hydrogen) atoms. The summed E-state index contributed by atoms with van der Waals surface area (Å²) in [4.78, 5) is 12.9. The van der Waals surface area contributed by atoms with Crippen LogP contribution < -0.4 is 11.1 Å². The van der Waals surface area contributed by atoms with Gasteiger partial charge in [0.25, 0.3) is 0 Å². The predicted molar refractivity (Wildman–Crippen MR) is 76.4 cm³/mol. The molecule has 0 saturated heterocycles. The van der Waals surface area contributed by atoms with E-state index in [0.29, 0.717) is 36.3 Å². The van der Waals surface area contributed by atoms with E-state index in [2.05, 4.69) is 25.4 Å². The van der Waals surface area contributed by atoms with Crippen LogP contribution in [0.2, 0.25) is 0 Å². The maximum atomic E-state index is 5.81. The molecule has 7 heteroatoms. The third kappa shape index (κ3) is 3.66. The first-order valence-electron chi connectivity index (χ1n) is 6.53. The molecular formula is C13H20N6O. The monoisotopic (exact) mass is 276 g/mol. The second-order valence-electron chi connectivity index (χ2n) is 5.66. The van der Waals surface area contributed by atoms with E-state index in [9.17, 15) is 0 Å². The first-order valence-corrected chi connectivity index (χ1v) is 6.53. The predicted octanol–water partition coefficient (Wildman–Crippen LogP) is 1.70. The second-order valence-corrected chi connectivity index (χ2v) is 5.66. The molecule has 2 aromatic rings. The lowest BCUT2D eigenvalue weighted by molar-refractivity contribution is 0.387. The summed E-state index contributed by atoms with van der Waals surface area (Å²) in [5, 5.41) is 7.04. The van der Waals surface area contributed by atoms with Crippen LogP contribution in [0.5, 0.6) is 0 Å². The molecule has 0 fully saturated rings. The zero-order valence-electron chi connectivity index (χ0n) is 12.3. The van der Waals surface area contributed by atoms with Crippen molar-refractivity contribution in [1.29, 1.82) is 0 Å². The molecule has 0 aromatic carbocycles. The highest BCUT2D eigenvalue weighted by atomic mass is 16.5. The van der Waals surface area contributed by atoms with Gasteiger partial charge in [-0.15, -0.1) is 0 Å².